The van der Waals surface area contributed by atoms with Crippen molar-refractivity contribution in [3.05, 3.63) is 24.0 Å². The molecule has 4 nitrogen and oxygen atoms in total. The molecule has 0 fully saturated rings. The van der Waals surface area contributed by atoms with Gasteiger partial charge in [-0.2, -0.15) is 0 Å². The maximum Gasteiger partial charge on any atom is 0.0614 e. The molecule has 3 N–H and O–H groups in total. The molecule has 1 heterocycles. The SMILES string of the molecule is COCC(N)CCNc1ccnc(C)c1. The molecule has 0 amide bonds. The lowest BCUT2D eigenvalue weighted by atomic mass is 10.2. The molecule has 0 aliphatic heterocycles. The Labute approximate surface area is 90.8 Å². The van der Waals surface area contributed by atoms with Gasteiger partial charge in [0.25, 0.3) is 0 Å². The minimum atomic E-state index is 0.102. The molecule has 0 aromatic carbocycles. The monoisotopic (exact) mass is 209 g/mol. The van der Waals surface area contributed by atoms with Crippen molar-refractivity contribution in [2.75, 3.05) is 25.6 Å². The summed E-state index contributed by atoms with van der Waals surface area (Å²) in [6.45, 7) is 3.44. The fourth-order valence-electron chi connectivity index (χ4n) is 1.35. The third kappa shape index (κ3) is 4.76. The van der Waals surface area contributed by atoms with Gasteiger partial charge in [0.2, 0.25) is 0 Å². The standard InChI is InChI=1S/C11H19N3O/c1-9-7-11(4-6-13-9)14-5-3-10(12)8-15-2/h4,6-7,10H,3,5,8,12H2,1-2H3,(H,13,14). The van der Waals surface area contributed by atoms with Gasteiger partial charge in [0.15, 0.2) is 0 Å². The molecule has 1 aromatic rings. The van der Waals surface area contributed by atoms with Crippen LogP contribution in [0.25, 0.3) is 0 Å². The number of pyridine rings is 1. The molecule has 1 atom stereocenters. The lowest BCUT2D eigenvalue weighted by molar-refractivity contribution is 0.178. The average Bonchev–Trinajstić information content (AvgIpc) is 2.18. The molecule has 0 saturated carbocycles. The summed E-state index contributed by atoms with van der Waals surface area (Å²) in [5.74, 6) is 0. The molecule has 84 valence electrons. The van der Waals surface area contributed by atoms with Crippen molar-refractivity contribution in [3.8, 4) is 0 Å². The number of ether oxygens (including phenoxy) is 1. The Balaban J connectivity index is 2.25. The highest BCUT2D eigenvalue weighted by atomic mass is 16.5. The summed E-state index contributed by atoms with van der Waals surface area (Å²) in [5, 5.41) is 3.30. The van der Waals surface area contributed by atoms with E-state index in [1.54, 1.807) is 13.3 Å². The van der Waals surface area contributed by atoms with Crippen molar-refractivity contribution in [3.63, 3.8) is 0 Å². The number of nitrogens with zero attached hydrogens (tertiary/aromatic N) is 1. The highest BCUT2D eigenvalue weighted by Gasteiger charge is 2.00. The molecule has 0 spiro atoms. The Bertz CT molecular complexity index is 291. The second kappa shape index (κ2) is 6.37. The summed E-state index contributed by atoms with van der Waals surface area (Å²) in [6, 6.07) is 4.07. The van der Waals surface area contributed by atoms with E-state index in [2.05, 4.69) is 10.3 Å². The van der Waals surface area contributed by atoms with E-state index in [4.69, 9.17) is 10.5 Å². The first kappa shape index (κ1) is 11.9. The number of nitrogens with two attached hydrogens (primary N) is 1. The molecule has 1 rings (SSSR count). The van der Waals surface area contributed by atoms with Crippen LogP contribution < -0.4 is 11.1 Å². The Morgan fingerprint density at radius 3 is 3.07 bits per heavy atom. The van der Waals surface area contributed by atoms with Crippen molar-refractivity contribution < 1.29 is 4.74 Å². The number of hydrogen-bond donors (Lipinski definition) is 2. The second-order valence-corrected chi connectivity index (χ2v) is 3.62. The van der Waals surface area contributed by atoms with Gasteiger partial charge >= 0.3 is 0 Å². The van der Waals surface area contributed by atoms with Crippen LogP contribution in [0.2, 0.25) is 0 Å². The van der Waals surface area contributed by atoms with Gasteiger partial charge in [0, 0.05) is 37.3 Å². The Morgan fingerprint density at radius 2 is 2.40 bits per heavy atom. The summed E-state index contributed by atoms with van der Waals surface area (Å²) < 4.78 is 4.96. The van der Waals surface area contributed by atoms with E-state index in [1.807, 2.05) is 19.1 Å². The van der Waals surface area contributed by atoms with E-state index in [9.17, 15) is 0 Å². The van der Waals surface area contributed by atoms with Crippen LogP contribution in [0, 0.1) is 6.92 Å². The smallest absolute Gasteiger partial charge is 0.0614 e. The van der Waals surface area contributed by atoms with Crippen molar-refractivity contribution >= 4 is 5.69 Å². The first-order valence-corrected chi connectivity index (χ1v) is 5.13. The van der Waals surface area contributed by atoms with Crippen LogP contribution in [0.5, 0.6) is 0 Å². The minimum Gasteiger partial charge on any atom is -0.385 e. The third-order valence-electron chi connectivity index (χ3n) is 2.12. The fraction of sp³-hybridized carbons (Fsp3) is 0.545. The summed E-state index contributed by atoms with van der Waals surface area (Å²) in [7, 11) is 1.67. The van der Waals surface area contributed by atoms with E-state index in [0.717, 1.165) is 24.3 Å². The van der Waals surface area contributed by atoms with Crippen molar-refractivity contribution in [1.82, 2.24) is 4.98 Å². The van der Waals surface area contributed by atoms with E-state index < -0.39 is 0 Å². The maximum absolute atomic E-state index is 5.80. The first-order chi connectivity index (χ1) is 7.22. The molecule has 1 aromatic heterocycles. The first-order valence-electron chi connectivity index (χ1n) is 5.13. The molecule has 1 unspecified atom stereocenters. The fourth-order valence-corrected chi connectivity index (χ4v) is 1.35. The quantitative estimate of drug-likeness (QED) is 0.738. The molecule has 0 saturated heterocycles. The number of methoxy groups -OCH3 is 1. The molecule has 4 heteroatoms. The number of aryl methyl sites for hydroxylation is 1. The zero-order chi connectivity index (χ0) is 11.1. The van der Waals surface area contributed by atoms with E-state index in [-0.39, 0.29) is 6.04 Å². The number of anilines is 1. The molecule has 0 bridgehead atoms. The number of rotatable bonds is 6. The molecular formula is C11H19N3O. The zero-order valence-electron chi connectivity index (χ0n) is 9.36. The average molecular weight is 209 g/mol. The topological polar surface area (TPSA) is 60.2 Å². The molecule has 0 aliphatic carbocycles. The van der Waals surface area contributed by atoms with Crippen molar-refractivity contribution in [2.45, 2.75) is 19.4 Å². The lowest BCUT2D eigenvalue weighted by Crippen LogP contribution is -2.28. The summed E-state index contributed by atoms with van der Waals surface area (Å²) in [6.07, 6.45) is 2.70. The minimum absolute atomic E-state index is 0.102. The van der Waals surface area contributed by atoms with Gasteiger partial charge in [-0.05, 0) is 25.5 Å². The van der Waals surface area contributed by atoms with Crippen LogP contribution in [-0.2, 0) is 4.74 Å². The van der Waals surface area contributed by atoms with E-state index >= 15 is 0 Å². The molecule has 15 heavy (non-hydrogen) atoms. The Kier molecular flexibility index (Phi) is 5.07. The lowest BCUT2D eigenvalue weighted by Gasteiger charge is -2.11. The van der Waals surface area contributed by atoms with Gasteiger partial charge in [0.05, 0.1) is 6.61 Å². The van der Waals surface area contributed by atoms with Crippen LogP contribution >= 0.6 is 0 Å². The van der Waals surface area contributed by atoms with Gasteiger partial charge in [-0.3, -0.25) is 4.98 Å². The number of hydrogen-bond acceptors (Lipinski definition) is 4. The van der Waals surface area contributed by atoms with Gasteiger partial charge in [-0.15, -0.1) is 0 Å². The molecule has 0 radical (unpaired) electrons. The summed E-state index contributed by atoms with van der Waals surface area (Å²) in [5.41, 5.74) is 7.91. The van der Waals surface area contributed by atoms with Crippen LogP contribution in [0.3, 0.4) is 0 Å². The highest BCUT2D eigenvalue weighted by Crippen LogP contribution is 2.06. The summed E-state index contributed by atoms with van der Waals surface area (Å²) in [4.78, 5) is 4.13. The van der Waals surface area contributed by atoms with Crippen molar-refractivity contribution in [1.29, 1.82) is 0 Å². The predicted octanol–water partition coefficient (Wildman–Crippen LogP) is 1.17. The highest BCUT2D eigenvalue weighted by molar-refractivity contribution is 5.42. The van der Waals surface area contributed by atoms with Gasteiger partial charge in [-0.25, -0.2) is 0 Å². The second-order valence-electron chi connectivity index (χ2n) is 3.62. The molecular weight excluding hydrogens is 190 g/mol. The van der Waals surface area contributed by atoms with Crippen LogP contribution in [-0.4, -0.2) is 31.3 Å². The zero-order valence-corrected chi connectivity index (χ0v) is 9.36. The Hall–Kier alpha value is -1.13. The predicted molar refractivity (Wildman–Crippen MR) is 61.9 cm³/mol. The molecule has 0 aliphatic rings. The Morgan fingerprint density at radius 1 is 1.60 bits per heavy atom. The van der Waals surface area contributed by atoms with Crippen LogP contribution in [0.4, 0.5) is 5.69 Å². The number of nitrogens with one attached hydrogen (secondary N) is 1. The maximum atomic E-state index is 5.80. The van der Waals surface area contributed by atoms with Crippen LogP contribution in [0.15, 0.2) is 18.3 Å². The van der Waals surface area contributed by atoms with E-state index in [0.29, 0.717) is 6.61 Å². The van der Waals surface area contributed by atoms with Gasteiger partial charge in [0.1, 0.15) is 0 Å². The van der Waals surface area contributed by atoms with Crippen molar-refractivity contribution in [2.24, 2.45) is 5.73 Å². The third-order valence-corrected chi connectivity index (χ3v) is 2.12. The number of aromatic nitrogens is 1. The van der Waals surface area contributed by atoms with E-state index in [1.165, 1.54) is 0 Å². The van der Waals surface area contributed by atoms with Crippen LogP contribution in [0.1, 0.15) is 12.1 Å². The normalized spacial score (nSPS) is 12.5. The largest absolute Gasteiger partial charge is 0.385 e. The summed E-state index contributed by atoms with van der Waals surface area (Å²) >= 11 is 0. The van der Waals surface area contributed by atoms with Gasteiger partial charge in [-0.1, -0.05) is 0 Å². The van der Waals surface area contributed by atoms with Gasteiger partial charge < -0.3 is 15.8 Å².